The number of aromatic carboxylic acids is 1. The lowest BCUT2D eigenvalue weighted by molar-refractivity contribution is -0.121. The number of anilines is 1. The second-order valence-electron chi connectivity index (χ2n) is 6.08. The Kier molecular flexibility index (Phi) is 5.00. The number of rotatable bonds is 5. The third kappa shape index (κ3) is 3.80. The molecule has 0 radical (unpaired) electrons. The minimum Gasteiger partial charge on any atom is -0.507 e. The number of benzene rings is 2. The van der Waals surface area contributed by atoms with E-state index in [0.29, 0.717) is 5.69 Å². The highest BCUT2D eigenvalue weighted by Gasteiger charge is 2.29. The first-order valence-electron chi connectivity index (χ1n) is 8.22. The van der Waals surface area contributed by atoms with Gasteiger partial charge in [-0.05, 0) is 49.7 Å². The van der Waals surface area contributed by atoms with E-state index < -0.39 is 12.0 Å². The van der Waals surface area contributed by atoms with Crippen LogP contribution in [0.15, 0.2) is 48.5 Å². The molecule has 2 aromatic rings. The first-order chi connectivity index (χ1) is 12.1. The molecule has 1 unspecified atom stereocenters. The third-order valence-electron chi connectivity index (χ3n) is 4.36. The number of carboxylic acids is 1. The van der Waals surface area contributed by atoms with Gasteiger partial charge in [-0.3, -0.25) is 9.69 Å². The maximum atomic E-state index is 12.9. The van der Waals surface area contributed by atoms with E-state index in [1.165, 1.54) is 18.2 Å². The standard InChI is InChI=1S/C19H20N2O4/c22-16-9-8-14(12-15(16)19(24)25)20-18(23)17(21-10-4-5-11-21)13-6-2-1-3-7-13/h1-3,6-9,12,17,22H,4-5,10-11H2,(H,20,23)(H,24,25). The Morgan fingerprint density at radius 3 is 2.36 bits per heavy atom. The van der Waals surface area contributed by atoms with E-state index in [1.807, 2.05) is 30.3 Å². The van der Waals surface area contributed by atoms with Gasteiger partial charge >= 0.3 is 5.97 Å². The minimum atomic E-state index is -1.24. The first-order valence-corrected chi connectivity index (χ1v) is 8.22. The van der Waals surface area contributed by atoms with Gasteiger partial charge in [0.25, 0.3) is 0 Å². The highest BCUT2D eigenvalue weighted by molar-refractivity contribution is 5.98. The van der Waals surface area contributed by atoms with Crippen molar-refractivity contribution in [1.82, 2.24) is 4.90 Å². The molecular formula is C19H20N2O4. The summed E-state index contributed by atoms with van der Waals surface area (Å²) in [6.07, 6.45) is 2.11. The quantitative estimate of drug-likeness (QED) is 0.728. The van der Waals surface area contributed by atoms with Gasteiger partial charge in [-0.1, -0.05) is 30.3 Å². The second-order valence-corrected chi connectivity index (χ2v) is 6.08. The molecule has 0 aliphatic carbocycles. The van der Waals surface area contributed by atoms with E-state index in [4.69, 9.17) is 5.11 Å². The molecule has 2 aromatic carbocycles. The fourth-order valence-electron chi connectivity index (χ4n) is 3.16. The van der Waals surface area contributed by atoms with Gasteiger partial charge in [-0.2, -0.15) is 0 Å². The summed E-state index contributed by atoms with van der Waals surface area (Å²) in [6.45, 7) is 1.70. The zero-order valence-corrected chi connectivity index (χ0v) is 13.7. The summed E-state index contributed by atoms with van der Waals surface area (Å²) < 4.78 is 0. The number of aromatic hydroxyl groups is 1. The molecule has 1 saturated heterocycles. The molecule has 1 fully saturated rings. The van der Waals surface area contributed by atoms with Crippen LogP contribution < -0.4 is 5.32 Å². The van der Waals surface area contributed by atoms with Crippen molar-refractivity contribution >= 4 is 17.6 Å². The number of carbonyl (C=O) groups is 2. The molecule has 6 nitrogen and oxygen atoms in total. The van der Waals surface area contributed by atoms with Crippen LogP contribution in [-0.2, 0) is 4.79 Å². The summed E-state index contributed by atoms with van der Waals surface area (Å²) >= 11 is 0. The first kappa shape index (κ1) is 17.0. The third-order valence-corrected chi connectivity index (χ3v) is 4.36. The molecule has 25 heavy (non-hydrogen) atoms. The molecule has 0 spiro atoms. The van der Waals surface area contributed by atoms with Gasteiger partial charge in [0.2, 0.25) is 5.91 Å². The molecule has 1 aliphatic heterocycles. The van der Waals surface area contributed by atoms with Crippen molar-refractivity contribution < 1.29 is 19.8 Å². The summed E-state index contributed by atoms with van der Waals surface area (Å²) in [6, 6.07) is 13.1. The van der Waals surface area contributed by atoms with E-state index >= 15 is 0 Å². The van der Waals surface area contributed by atoms with Gasteiger partial charge < -0.3 is 15.5 Å². The van der Waals surface area contributed by atoms with Crippen LogP contribution in [-0.4, -0.2) is 40.1 Å². The molecule has 3 N–H and O–H groups in total. The molecular weight excluding hydrogens is 320 g/mol. The van der Waals surface area contributed by atoms with Crippen molar-refractivity contribution in [3.8, 4) is 5.75 Å². The van der Waals surface area contributed by atoms with Crippen molar-refractivity contribution in [2.24, 2.45) is 0 Å². The Labute approximate surface area is 145 Å². The molecule has 0 saturated carbocycles. The predicted molar refractivity (Wildman–Crippen MR) is 93.7 cm³/mol. The number of hydrogen-bond acceptors (Lipinski definition) is 4. The van der Waals surface area contributed by atoms with Crippen molar-refractivity contribution in [3.05, 3.63) is 59.7 Å². The van der Waals surface area contributed by atoms with Crippen molar-refractivity contribution in [1.29, 1.82) is 0 Å². The van der Waals surface area contributed by atoms with Crippen molar-refractivity contribution in [3.63, 3.8) is 0 Å². The Bertz CT molecular complexity index is 770. The van der Waals surface area contributed by atoms with Gasteiger partial charge in [0.15, 0.2) is 0 Å². The van der Waals surface area contributed by atoms with Crippen LogP contribution in [0, 0.1) is 0 Å². The highest BCUT2D eigenvalue weighted by Crippen LogP contribution is 2.28. The number of phenols is 1. The largest absolute Gasteiger partial charge is 0.507 e. The van der Waals surface area contributed by atoms with E-state index in [0.717, 1.165) is 31.5 Å². The van der Waals surface area contributed by atoms with E-state index in [9.17, 15) is 14.7 Å². The van der Waals surface area contributed by atoms with Crippen LogP contribution in [0.1, 0.15) is 34.8 Å². The summed E-state index contributed by atoms with van der Waals surface area (Å²) in [5.41, 5.74) is 1.01. The number of nitrogens with zero attached hydrogens (tertiary/aromatic N) is 1. The summed E-state index contributed by atoms with van der Waals surface area (Å²) in [5.74, 6) is -1.78. The molecule has 3 rings (SSSR count). The van der Waals surface area contributed by atoms with Gasteiger partial charge in [0.1, 0.15) is 17.4 Å². The van der Waals surface area contributed by atoms with Crippen LogP contribution in [0.3, 0.4) is 0 Å². The van der Waals surface area contributed by atoms with Crippen LogP contribution in [0.5, 0.6) is 5.75 Å². The maximum absolute atomic E-state index is 12.9. The molecule has 130 valence electrons. The van der Waals surface area contributed by atoms with Crippen LogP contribution >= 0.6 is 0 Å². The average molecular weight is 340 g/mol. The van der Waals surface area contributed by atoms with Crippen LogP contribution in [0.4, 0.5) is 5.69 Å². The Morgan fingerprint density at radius 1 is 1.04 bits per heavy atom. The van der Waals surface area contributed by atoms with Crippen molar-refractivity contribution in [2.45, 2.75) is 18.9 Å². The smallest absolute Gasteiger partial charge is 0.339 e. The van der Waals surface area contributed by atoms with Crippen LogP contribution in [0.25, 0.3) is 0 Å². The maximum Gasteiger partial charge on any atom is 0.339 e. The Hall–Kier alpha value is -2.86. The summed E-state index contributed by atoms with van der Waals surface area (Å²) in [4.78, 5) is 26.2. The zero-order chi connectivity index (χ0) is 17.8. The number of hydrogen-bond donors (Lipinski definition) is 3. The fourth-order valence-corrected chi connectivity index (χ4v) is 3.16. The Balaban J connectivity index is 1.86. The van der Waals surface area contributed by atoms with E-state index in [-0.39, 0.29) is 17.2 Å². The Morgan fingerprint density at radius 2 is 1.72 bits per heavy atom. The summed E-state index contributed by atoms with van der Waals surface area (Å²) in [5, 5.41) is 21.5. The zero-order valence-electron chi connectivity index (χ0n) is 13.7. The molecule has 1 heterocycles. The molecule has 1 aliphatic rings. The molecule has 1 amide bonds. The normalized spacial score (nSPS) is 15.7. The topological polar surface area (TPSA) is 89.9 Å². The van der Waals surface area contributed by atoms with Gasteiger partial charge in [0, 0.05) is 5.69 Å². The average Bonchev–Trinajstić information content (AvgIpc) is 3.11. The number of likely N-dealkylation sites (tertiary alicyclic amines) is 1. The van der Waals surface area contributed by atoms with Crippen molar-refractivity contribution in [2.75, 3.05) is 18.4 Å². The number of amides is 1. The molecule has 0 bridgehead atoms. The number of carbonyl (C=O) groups excluding carboxylic acids is 1. The SMILES string of the molecule is O=C(O)c1cc(NC(=O)C(c2ccccc2)N2CCCC2)ccc1O. The molecule has 6 heteroatoms. The van der Waals surface area contributed by atoms with Gasteiger partial charge in [-0.15, -0.1) is 0 Å². The predicted octanol–water partition coefficient (Wildman–Crippen LogP) is 2.87. The van der Waals surface area contributed by atoms with E-state index in [1.54, 1.807) is 0 Å². The lowest BCUT2D eigenvalue weighted by Gasteiger charge is -2.27. The minimum absolute atomic E-state index is 0.213. The summed E-state index contributed by atoms with van der Waals surface area (Å²) in [7, 11) is 0. The van der Waals surface area contributed by atoms with E-state index in [2.05, 4.69) is 10.2 Å². The van der Waals surface area contributed by atoms with Gasteiger partial charge in [-0.25, -0.2) is 4.79 Å². The molecule has 1 atom stereocenters. The number of carboxylic acid groups (broad SMARTS) is 1. The number of nitrogens with one attached hydrogen (secondary N) is 1. The fraction of sp³-hybridized carbons (Fsp3) is 0.263. The molecule has 0 aromatic heterocycles. The monoisotopic (exact) mass is 340 g/mol. The lowest BCUT2D eigenvalue weighted by atomic mass is 10.0. The second kappa shape index (κ2) is 7.36. The highest BCUT2D eigenvalue weighted by atomic mass is 16.4. The van der Waals surface area contributed by atoms with Gasteiger partial charge in [0.05, 0.1) is 0 Å². The van der Waals surface area contributed by atoms with Crippen LogP contribution in [0.2, 0.25) is 0 Å². The lowest BCUT2D eigenvalue weighted by Crippen LogP contribution is -2.35.